The Balaban J connectivity index is 0.000000310. The third kappa shape index (κ3) is 8.67. The van der Waals surface area contributed by atoms with E-state index in [0.717, 1.165) is 22.3 Å². The molecule has 40 heavy (non-hydrogen) atoms. The summed E-state index contributed by atoms with van der Waals surface area (Å²) in [6, 6.07) is 16.2. The van der Waals surface area contributed by atoms with Gasteiger partial charge in [0.1, 0.15) is 0 Å². The third-order valence-electron chi connectivity index (χ3n) is 5.87. The van der Waals surface area contributed by atoms with Crippen LogP contribution in [0.1, 0.15) is 11.1 Å². The Bertz CT molecular complexity index is 1340. The molecule has 0 spiro atoms. The molecular weight excluding hydrogens is 576 g/mol. The van der Waals surface area contributed by atoms with E-state index in [2.05, 4.69) is 69.0 Å². The van der Waals surface area contributed by atoms with Crippen LogP contribution in [0.25, 0.3) is 33.9 Å². The largest absolute Gasteiger partial charge is 0.203 e. The maximum absolute atomic E-state index is 4.27. The van der Waals surface area contributed by atoms with Crippen molar-refractivity contribution in [3.05, 3.63) is 170 Å². The number of rotatable bonds is 4. The summed E-state index contributed by atoms with van der Waals surface area (Å²) in [6.07, 6.45) is 36.5. The third-order valence-corrected chi connectivity index (χ3v) is 5.87. The van der Waals surface area contributed by atoms with Crippen LogP contribution in [0.15, 0.2) is 134 Å². The summed E-state index contributed by atoms with van der Waals surface area (Å²) < 4.78 is 0. The van der Waals surface area contributed by atoms with Crippen molar-refractivity contribution in [3.63, 3.8) is 0 Å². The molecule has 0 N–H and O–H groups in total. The molecule has 0 atom stereocenters. The minimum absolute atomic E-state index is 0. The Morgan fingerprint density at radius 1 is 0.325 bits per heavy atom. The standard InChI is InChI=1S/C24H16N4.2C5H5.2Fe/c1-2-6-17(5-1)19-9-13-21(14-10-19)23-25-27-24(28-26-23)22-15-11-20(12-16-22)18-7-3-4-8-18;2*1-2-4-5-3-1;;/h1-16H;2*1-5H;;. The van der Waals surface area contributed by atoms with Gasteiger partial charge >= 0.3 is 0 Å². The van der Waals surface area contributed by atoms with E-state index in [0.29, 0.717) is 11.6 Å². The minimum atomic E-state index is 0. The first kappa shape index (κ1) is 30.9. The molecule has 1 aromatic heterocycles. The smallest absolute Gasteiger partial charge is 0.126 e. The summed E-state index contributed by atoms with van der Waals surface area (Å²) in [5.41, 5.74) is 6.52. The van der Waals surface area contributed by atoms with Gasteiger partial charge in [-0.1, -0.05) is 134 Å². The fraction of sp³-hybridized carbons (Fsp3) is 0. The minimum Gasteiger partial charge on any atom is -0.126 e. The first-order valence-electron chi connectivity index (χ1n) is 12.4. The molecule has 0 unspecified atom stereocenters. The van der Waals surface area contributed by atoms with Crippen LogP contribution in [0.2, 0.25) is 0 Å². The van der Waals surface area contributed by atoms with Gasteiger partial charge in [-0.25, -0.2) is 0 Å². The monoisotopic (exact) mass is 602 g/mol. The molecule has 0 aliphatic heterocycles. The first-order valence-corrected chi connectivity index (χ1v) is 12.4. The van der Waals surface area contributed by atoms with Crippen LogP contribution < -0.4 is 0 Å². The second-order valence-electron chi connectivity index (χ2n) is 8.47. The summed E-state index contributed by atoms with van der Waals surface area (Å²) >= 11 is 0. The molecule has 4 aliphatic carbocycles. The molecule has 0 amide bonds. The second kappa shape index (κ2) is 16.4. The van der Waals surface area contributed by atoms with Gasteiger partial charge in [-0.15, -0.1) is 20.4 Å². The summed E-state index contributed by atoms with van der Waals surface area (Å²) in [7, 11) is 0. The van der Waals surface area contributed by atoms with Crippen LogP contribution in [0.4, 0.5) is 0 Å². The quantitative estimate of drug-likeness (QED) is 0.290. The summed E-state index contributed by atoms with van der Waals surface area (Å²) in [5, 5.41) is 17.1. The van der Waals surface area contributed by atoms with Crippen molar-refractivity contribution in [2.45, 2.75) is 0 Å². The van der Waals surface area contributed by atoms with Crippen LogP contribution in [-0.2, 0) is 34.1 Å². The van der Waals surface area contributed by atoms with Crippen molar-refractivity contribution < 1.29 is 34.1 Å². The van der Waals surface area contributed by atoms with Gasteiger partial charge in [-0.3, -0.25) is 0 Å². The molecule has 0 saturated heterocycles. The maximum Gasteiger partial charge on any atom is 0.203 e. The molecule has 4 radical (unpaired) electrons. The molecule has 7 rings (SSSR count). The van der Waals surface area contributed by atoms with Crippen LogP contribution in [-0.4, -0.2) is 20.4 Å². The van der Waals surface area contributed by atoms with Gasteiger partial charge in [0.2, 0.25) is 11.6 Å². The Morgan fingerprint density at radius 3 is 0.900 bits per heavy atom. The average molecular weight is 602 g/mol. The van der Waals surface area contributed by atoms with E-state index in [9.17, 15) is 0 Å². The molecule has 0 saturated carbocycles. The molecule has 2 aromatic carbocycles. The van der Waals surface area contributed by atoms with E-state index in [-0.39, 0.29) is 34.1 Å². The maximum atomic E-state index is 4.27. The van der Waals surface area contributed by atoms with E-state index < -0.39 is 0 Å². The number of nitrogens with zero attached hydrogens (tertiary/aromatic N) is 4. The number of hydrogen-bond donors (Lipinski definition) is 0. The van der Waals surface area contributed by atoms with Crippen molar-refractivity contribution in [2.75, 3.05) is 0 Å². The van der Waals surface area contributed by atoms with Gasteiger partial charge in [0.15, 0.2) is 0 Å². The normalized spacial score (nSPS) is 14.9. The molecule has 6 heteroatoms. The molecule has 4 nitrogen and oxygen atoms in total. The summed E-state index contributed by atoms with van der Waals surface area (Å²) in [4.78, 5) is 0. The SMILES string of the molecule is [CH]1C=CC(c2ccc(-c3nnc(-c4ccc(C5=C[CH]C=C5)cc4)nn3)cc2)=C1.[CH]1C=CC=C1.[CH]1C=CC=C1.[Fe].[Fe]. The number of benzene rings is 2. The van der Waals surface area contributed by atoms with E-state index in [1.807, 2.05) is 111 Å². The second-order valence-corrected chi connectivity index (χ2v) is 8.47. The van der Waals surface area contributed by atoms with Crippen molar-refractivity contribution in [3.8, 4) is 22.8 Å². The van der Waals surface area contributed by atoms with Crippen LogP contribution in [0, 0.1) is 25.7 Å². The van der Waals surface area contributed by atoms with E-state index >= 15 is 0 Å². The van der Waals surface area contributed by atoms with Gasteiger partial charge < -0.3 is 0 Å². The van der Waals surface area contributed by atoms with Gasteiger partial charge in [-0.2, -0.15) is 0 Å². The molecule has 4 aliphatic rings. The number of aromatic nitrogens is 4. The van der Waals surface area contributed by atoms with Gasteiger partial charge in [-0.05, 0) is 22.3 Å². The van der Waals surface area contributed by atoms with Gasteiger partial charge in [0, 0.05) is 70.9 Å². The average Bonchev–Trinajstić information content (AvgIpc) is 3.83. The Labute approximate surface area is 257 Å². The number of allylic oxidation sites excluding steroid dienone is 16. The number of hydrogen-bond acceptors (Lipinski definition) is 4. The van der Waals surface area contributed by atoms with Crippen LogP contribution in [0.3, 0.4) is 0 Å². The molecule has 1 heterocycles. The molecule has 198 valence electrons. The van der Waals surface area contributed by atoms with Gasteiger partial charge in [0.25, 0.3) is 0 Å². The Hall–Kier alpha value is -3.66. The van der Waals surface area contributed by atoms with E-state index in [1.165, 1.54) is 11.1 Å². The zero-order valence-electron chi connectivity index (χ0n) is 21.5. The molecular formula is C34H26Fe2N4. The predicted molar refractivity (Wildman–Crippen MR) is 156 cm³/mol. The van der Waals surface area contributed by atoms with Crippen molar-refractivity contribution >= 4 is 11.1 Å². The Kier molecular flexibility index (Phi) is 12.7. The van der Waals surface area contributed by atoms with Crippen molar-refractivity contribution in [1.29, 1.82) is 0 Å². The molecule has 0 fully saturated rings. The molecule has 0 bridgehead atoms. The van der Waals surface area contributed by atoms with Crippen LogP contribution >= 0.6 is 0 Å². The van der Waals surface area contributed by atoms with Crippen molar-refractivity contribution in [1.82, 2.24) is 20.4 Å². The van der Waals surface area contributed by atoms with Crippen LogP contribution in [0.5, 0.6) is 0 Å². The van der Waals surface area contributed by atoms with E-state index in [4.69, 9.17) is 0 Å². The zero-order chi connectivity index (χ0) is 25.8. The Morgan fingerprint density at radius 2 is 0.650 bits per heavy atom. The summed E-state index contributed by atoms with van der Waals surface area (Å²) in [6.45, 7) is 0. The zero-order valence-corrected chi connectivity index (χ0v) is 23.7. The predicted octanol–water partition coefficient (Wildman–Crippen LogP) is 7.54. The topological polar surface area (TPSA) is 51.6 Å². The van der Waals surface area contributed by atoms with Gasteiger partial charge in [0.05, 0.1) is 0 Å². The first-order chi connectivity index (χ1) is 18.9. The van der Waals surface area contributed by atoms with E-state index in [1.54, 1.807) is 0 Å². The summed E-state index contributed by atoms with van der Waals surface area (Å²) in [5.74, 6) is 1.04. The molecule has 3 aromatic rings. The fourth-order valence-corrected chi connectivity index (χ4v) is 3.86. The van der Waals surface area contributed by atoms with Crippen molar-refractivity contribution in [2.24, 2.45) is 0 Å². The fourth-order valence-electron chi connectivity index (χ4n) is 3.86.